The van der Waals surface area contributed by atoms with E-state index in [2.05, 4.69) is 15.5 Å². The van der Waals surface area contributed by atoms with Crippen LogP contribution in [0.1, 0.15) is 66.2 Å². The SMILES string of the molecule is O=C(O)CC(NC(=O)c1ccc(N2CCCN(C(=O)C3CC3)CC2)c(NC(=O)C2CCC2)c1)c1cccs1. The topological polar surface area (TPSA) is 119 Å². The van der Waals surface area contributed by atoms with E-state index in [1.807, 2.05) is 28.5 Å². The van der Waals surface area contributed by atoms with E-state index in [-0.39, 0.29) is 30.1 Å². The van der Waals surface area contributed by atoms with Crippen LogP contribution in [0.5, 0.6) is 0 Å². The molecule has 0 spiro atoms. The first kappa shape index (κ1) is 26.2. The Kier molecular flexibility index (Phi) is 7.97. The zero-order chi connectivity index (χ0) is 26.6. The third kappa shape index (κ3) is 6.18. The molecule has 2 saturated carbocycles. The highest BCUT2D eigenvalue weighted by Gasteiger charge is 2.34. The predicted octanol–water partition coefficient (Wildman–Crippen LogP) is 3.88. The molecule has 202 valence electrons. The average molecular weight is 539 g/mol. The molecule has 1 aliphatic heterocycles. The Hall–Kier alpha value is -3.40. The van der Waals surface area contributed by atoms with Crippen LogP contribution < -0.4 is 15.5 Å². The summed E-state index contributed by atoms with van der Waals surface area (Å²) in [6, 6.07) is 8.24. The van der Waals surface area contributed by atoms with Crippen LogP contribution in [0.3, 0.4) is 0 Å². The van der Waals surface area contributed by atoms with Crippen molar-refractivity contribution in [3.63, 3.8) is 0 Å². The number of amides is 3. The molecular weight excluding hydrogens is 504 g/mol. The monoisotopic (exact) mass is 538 g/mol. The van der Waals surface area contributed by atoms with E-state index in [1.54, 1.807) is 12.1 Å². The van der Waals surface area contributed by atoms with Gasteiger partial charge in [-0.15, -0.1) is 11.3 Å². The van der Waals surface area contributed by atoms with Crippen LogP contribution in [0, 0.1) is 11.8 Å². The molecule has 2 aromatic rings. The molecule has 0 radical (unpaired) electrons. The van der Waals surface area contributed by atoms with Crippen LogP contribution in [-0.2, 0) is 14.4 Å². The van der Waals surface area contributed by atoms with E-state index >= 15 is 0 Å². The fourth-order valence-corrected chi connectivity index (χ4v) is 5.83. The fourth-order valence-electron chi connectivity index (χ4n) is 5.05. The quantitative estimate of drug-likeness (QED) is 0.446. The third-order valence-electron chi connectivity index (χ3n) is 7.64. The molecule has 9 nitrogen and oxygen atoms in total. The number of nitrogens with one attached hydrogen (secondary N) is 2. The summed E-state index contributed by atoms with van der Waals surface area (Å²) in [6.07, 6.45) is 5.34. The van der Waals surface area contributed by atoms with Crippen LogP contribution >= 0.6 is 11.3 Å². The van der Waals surface area contributed by atoms with Gasteiger partial charge in [0, 0.05) is 48.5 Å². The summed E-state index contributed by atoms with van der Waals surface area (Å²) in [5, 5.41) is 17.1. The first-order valence-electron chi connectivity index (χ1n) is 13.4. The van der Waals surface area contributed by atoms with E-state index in [1.165, 1.54) is 11.3 Å². The van der Waals surface area contributed by atoms with Gasteiger partial charge in [-0.2, -0.15) is 0 Å². The standard InChI is InChI=1S/C28H34N4O5S/c33-25(34)17-22(24-6-2-15-38-24)30-27(36)20-9-10-23(21(16-20)29-26(35)18-4-1-5-18)31-11-3-12-32(14-13-31)28(37)19-7-8-19/h2,6,9-10,15-16,18-19,22H,1,3-5,7-8,11-14,17H2,(H,29,35)(H,30,36)(H,33,34). The minimum Gasteiger partial charge on any atom is -0.481 e. The lowest BCUT2D eigenvalue weighted by Crippen LogP contribution is -2.36. The molecule has 0 bridgehead atoms. The number of nitrogens with zero attached hydrogens (tertiary/aromatic N) is 2. The molecule has 3 N–H and O–H groups in total. The van der Waals surface area contributed by atoms with Crippen molar-refractivity contribution in [2.45, 2.75) is 51.0 Å². The predicted molar refractivity (Wildman–Crippen MR) is 145 cm³/mol. The van der Waals surface area contributed by atoms with Gasteiger partial charge in [0.1, 0.15) is 0 Å². The number of carbonyl (C=O) groups excluding carboxylic acids is 3. The molecule has 2 heterocycles. The van der Waals surface area contributed by atoms with Crippen LogP contribution in [0.4, 0.5) is 11.4 Å². The fraction of sp³-hybridized carbons (Fsp3) is 0.500. The van der Waals surface area contributed by atoms with Crippen molar-refractivity contribution >= 4 is 46.4 Å². The van der Waals surface area contributed by atoms with Crippen molar-refractivity contribution in [1.29, 1.82) is 0 Å². The number of rotatable bonds is 9. The molecule has 3 amide bonds. The molecule has 5 rings (SSSR count). The first-order valence-corrected chi connectivity index (χ1v) is 14.3. The van der Waals surface area contributed by atoms with Gasteiger partial charge in [0.15, 0.2) is 0 Å². The van der Waals surface area contributed by atoms with E-state index in [0.717, 1.165) is 62.2 Å². The Morgan fingerprint density at radius 2 is 1.79 bits per heavy atom. The maximum atomic E-state index is 13.2. The highest BCUT2D eigenvalue weighted by atomic mass is 32.1. The third-order valence-corrected chi connectivity index (χ3v) is 8.62. The van der Waals surface area contributed by atoms with Gasteiger partial charge in [0.25, 0.3) is 5.91 Å². The second-order valence-corrected chi connectivity index (χ2v) is 11.4. The summed E-state index contributed by atoms with van der Waals surface area (Å²) in [7, 11) is 0. The highest BCUT2D eigenvalue weighted by molar-refractivity contribution is 7.10. The maximum Gasteiger partial charge on any atom is 0.305 e. The van der Waals surface area contributed by atoms with E-state index in [9.17, 15) is 24.3 Å². The van der Waals surface area contributed by atoms with Crippen molar-refractivity contribution in [3.8, 4) is 0 Å². The summed E-state index contributed by atoms with van der Waals surface area (Å²) in [6.45, 7) is 2.75. The van der Waals surface area contributed by atoms with Gasteiger partial charge in [-0.1, -0.05) is 12.5 Å². The number of thiophene rings is 1. The summed E-state index contributed by atoms with van der Waals surface area (Å²) < 4.78 is 0. The minimum atomic E-state index is -0.997. The molecule has 1 saturated heterocycles. The van der Waals surface area contributed by atoms with Gasteiger partial charge in [0.2, 0.25) is 11.8 Å². The van der Waals surface area contributed by atoms with Crippen molar-refractivity contribution in [2.24, 2.45) is 11.8 Å². The Bertz CT molecular complexity index is 1190. The van der Waals surface area contributed by atoms with E-state index in [4.69, 9.17) is 0 Å². The number of hydrogen-bond donors (Lipinski definition) is 3. The summed E-state index contributed by atoms with van der Waals surface area (Å²) in [5.74, 6) is -1.02. The van der Waals surface area contributed by atoms with E-state index < -0.39 is 17.9 Å². The second-order valence-electron chi connectivity index (χ2n) is 10.4. The molecule has 1 aromatic heterocycles. The van der Waals surface area contributed by atoms with E-state index in [0.29, 0.717) is 24.3 Å². The lowest BCUT2D eigenvalue weighted by Gasteiger charge is -2.29. The molecular formula is C28H34N4O5S. The highest BCUT2D eigenvalue weighted by Crippen LogP contribution is 2.34. The zero-order valence-corrected chi connectivity index (χ0v) is 22.2. The van der Waals surface area contributed by atoms with Crippen LogP contribution in [0.15, 0.2) is 35.7 Å². The Balaban J connectivity index is 1.36. The molecule has 10 heteroatoms. The Morgan fingerprint density at radius 3 is 2.45 bits per heavy atom. The smallest absolute Gasteiger partial charge is 0.305 e. The van der Waals surface area contributed by atoms with Crippen molar-refractivity contribution in [3.05, 3.63) is 46.2 Å². The van der Waals surface area contributed by atoms with Crippen molar-refractivity contribution in [1.82, 2.24) is 10.2 Å². The van der Waals surface area contributed by atoms with Gasteiger partial charge in [-0.3, -0.25) is 19.2 Å². The number of carboxylic acid groups (broad SMARTS) is 1. The summed E-state index contributed by atoms with van der Waals surface area (Å²) >= 11 is 1.40. The maximum absolute atomic E-state index is 13.2. The molecule has 1 aromatic carbocycles. The minimum absolute atomic E-state index is 0.0186. The Morgan fingerprint density at radius 1 is 0.974 bits per heavy atom. The second kappa shape index (κ2) is 11.6. The van der Waals surface area contributed by atoms with Crippen LogP contribution in [0.25, 0.3) is 0 Å². The molecule has 1 unspecified atom stereocenters. The molecule has 2 aliphatic carbocycles. The van der Waals surface area contributed by atoms with Crippen molar-refractivity contribution in [2.75, 3.05) is 36.4 Å². The summed E-state index contributed by atoms with van der Waals surface area (Å²) in [4.78, 5) is 55.1. The van der Waals surface area contributed by atoms with Gasteiger partial charge >= 0.3 is 5.97 Å². The van der Waals surface area contributed by atoms with Crippen molar-refractivity contribution < 1.29 is 24.3 Å². The number of anilines is 2. The molecule has 3 aliphatic rings. The number of aliphatic carboxylic acids is 1. The van der Waals surface area contributed by atoms with Gasteiger partial charge in [-0.25, -0.2) is 0 Å². The summed E-state index contributed by atoms with van der Waals surface area (Å²) in [5.41, 5.74) is 1.75. The van der Waals surface area contributed by atoms with Gasteiger partial charge in [-0.05, 0) is 61.7 Å². The average Bonchev–Trinajstić information content (AvgIpc) is 3.61. The molecule has 3 fully saturated rings. The van der Waals surface area contributed by atoms with Crippen LogP contribution in [-0.4, -0.2) is 59.9 Å². The zero-order valence-electron chi connectivity index (χ0n) is 21.4. The van der Waals surface area contributed by atoms with Crippen LogP contribution in [0.2, 0.25) is 0 Å². The Labute approximate surface area is 226 Å². The molecule has 1 atom stereocenters. The largest absolute Gasteiger partial charge is 0.481 e. The number of benzene rings is 1. The van der Waals surface area contributed by atoms with Gasteiger partial charge < -0.3 is 25.5 Å². The number of carbonyl (C=O) groups is 4. The number of carboxylic acids is 1. The lowest BCUT2D eigenvalue weighted by molar-refractivity contribution is -0.137. The molecule has 38 heavy (non-hydrogen) atoms. The first-order chi connectivity index (χ1) is 18.4. The van der Waals surface area contributed by atoms with Gasteiger partial charge in [0.05, 0.1) is 23.8 Å². The lowest BCUT2D eigenvalue weighted by atomic mass is 9.85. The normalized spacial score (nSPS) is 18.7. The number of hydrogen-bond acceptors (Lipinski definition) is 6.